The van der Waals surface area contributed by atoms with Crippen molar-refractivity contribution in [2.45, 2.75) is 25.0 Å². The summed E-state index contributed by atoms with van der Waals surface area (Å²) < 4.78 is 1.68. The van der Waals surface area contributed by atoms with Crippen LogP contribution in [0.25, 0.3) is 6.08 Å². The van der Waals surface area contributed by atoms with Crippen LogP contribution in [0.2, 0.25) is 5.02 Å². The van der Waals surface area contributed by atoms with Crippen molar-refractivity contribution in [2.24, 2.45) is 0 Å². The second-order valence-corrected chi connectivity index (χ2v) is 6.77. The highest BCUT2D eigenvalue weighted by molar-refractivity contribution is 6.30. The molecule has 25 heavy (non-hydrogen) atoms. The lowest BCUT2D eigenvalue weighted by Crippen LogP contribution is -2.37. The fourth-order valence-corrected chi connectivity index (χ4v) is 3.60. The van der Waals surface area contributed by atoms with Crippen LogP contribution in [-0.2, 0) is 18.6 Å². The van der Waals surface area contributed by atoms with Crippen LogP contribution in [0.3, 0.4) is 0 Å². The van der Waals surface area contributed by atoms with E-state index in [1.54, 1.807) is 11.0 Å². The summed E-state index contributed by atoms with van der Waals surface area (Å²) in [7, 11) is 0. The van der Waals surface area contributed by atoms with Gasteiger partial charge in [-0.25, -0.2) is 9.67 Å². The van der Waals surface area contributed by atoms with Crippen LogP contribution in [-0.4, -0.2) is 19.9 Å². The lowest BCUT2D eigenvalue weighted by atomic mass is 9.74. The zero-order chi connectivity index (χ0) is 17.3. The average Bonchev–Trinajstić information content (AvgIpc) is 3.12. The van der Waals surface area contributed by atoms with Gasteiger partial charge in [-0.1, -0.05) is 54.1 Å². The average molecular weight is 352 g/mol. The molecule has 1 aromatic heterocycles. The Kier molecular flexibility index (Phi) is 4.15. The summed E-state index contributed by atoms with van der Waals surface area (Å²) in [4.78, 5) is 4.00. The van der Waals surface area contributed by atoms with Crippen molar-refractivity contribution in [3.63, 3.8) is 0 Å². The molecule has 1 N–H and O–H groups in total. The Bertz CT molecular complexity index is 903. The third kappa shape index (κ3) is 3.11. The molecule has 0 saturated carbocycles. The number of hydrogen-bond donors (Lipinski definition) is 1. The van der Waals surface area contributed by atoms with Crippen LogP contribution >= 0.6 is 11.6 Å². The molecule has 0 spiro atoms. The van der Waals surface area contributed by atoms with Crippen molar-refractivity contribution in [1.29, 1.82) is 0 Å². The first-order valence-corrected chi connectivity index (χ1v) is 8.63. The molecule has 3 aromatic rings. The molecule has 5 heteroatoms. The van der Waals surface area contributed by atoms with Crippen molar-refractivity contribution >= 4 is 17.7 Å². The van der Waals surface area contributed by atoms with Crippen LogP contribution in [0.4, 0.5) is 0 Å². The first kappa shape index (κ1) is 16.1. The zero-order valence-corrected chi connectivity index (χ0v) is 14.4. The Morgan fingerprint density at radius 1 is 1.12 bits per heavy atom. The Hall–Kier alpha value is -2.43. The molecule has 2 aromatic carbocycles. The van der Waals surface area contributed by atoms with Gasteiger partial charge in [0.25, 0.3) is 0 Å². The molecule has 0 saturated heterocycles. The number of aromatic nitrogens is 3. The lowest BCUT2D eigenvalue weighted by molar-refractivity contribution is 0.0456. The smallest absolute Gasteiger partial charge is 0.137 e. The number of aliphatic hydroxyl groups is 1. The summed E-state index contributed by atoms with van der Waals surface area (Å²) in [6.45, 7) is 0.337. The fraction of sp³-hybridized carbons (Fsp3) is 0.200. The molecule has 4 nitrogen and oxygen atoms in total. The van der Waals surface area contributed by atoms with Crippen LogP contribution < -0.4 is 0 Å². The molecule has 126 valence electrons. The molecule has 1 heterocycles. The monoisotopic (exact) mass is 351 g/mol. The molecule has 1 atom stereocenters. The molecule has 0 fully saturated rings. The third-order valence-electron chi connectivity index (χ3n) is 4.73. The van der Waals surface area contributed by atoms with Gasteiger partial charge in [0, 0.05) is 5.02 Å². The highest BCUT2D eigenvalue weighted by atomic mass is 35.5. The second kappa shape index (κ2) is 6.47. The number of aryl methyl sites for hydroxylation is 1. The van der Waals surface area contributed by atoms with E-state index in [2.05, 4.69) is 22.2 Å². The lowest BCUT2D eigenvalue weighted by Gasteiger charge is -2.37. The molecule has 1 aliphatic rings. The minimum Gasteiger partial charge on any atom is -0.379 e. The van der Waals surface area contributed by atoms with Crippen LogP contribution in [0, 0.1) is 0 Å². The molecular weight excluding hydrogens is 334 g/mol. The number of fused-ring (bicyclic) bond motifs is 1. The minimum absolute atomic E-state index is 0.337. The molecule has 0 bridgehead atoms. The van der Waals surface area contributed by atoms with Crippen molar-refractivity contribution in [2.75, 3.05) is 0 Å². The van der Waals surface area contributed by atoms with E-state index in [0.29, 0.717) is 11.6 Å². The summed E-state index contributed by atoms with van der Waals surface area (Å²) in [5.41, 5.74) is 3.01. The highest BCUT2D eigenvalue weighted by Crippen LogP contribution is 2.41. The Labute approximate surface area is 151 Å². The molecule has 0 aliphatic heterocycles. The van der Waals surface area contributed by atoms with Crippen LogP contribution in [0.5, 0.6) is 0 Å². The van der Waals surface area contributed by atoms with Crippen molar-refractivity contribution in [1.82, 2.24) is 14.8 Å². The van der Waals surface area contributed by atoms with E-state index in [0.717, 1.165) is 29.5 Å². The molecule has 1 aliphatic carbocycles. The van der Waals surface area contributed by atoms with E-state index < -0.39 is 5.60 Å². The summed E-state index contributed by atoms with van der Waals surface area (Å²) in [6.07, 6.45) is 6.89. The van der Waals surface area contributed by atoms with Gasteiger partial charge in [-0.15, -0.1) is 0 Å². The van der Waals surface area contributed by atoms with E-state index in [1.165, 1.54) is 11.9 Å². The van der Waals surface area contributed by atoms with E-state index in [4.69, 9.17) is 11.6 Å². The van der Waals surface area contributed by atoms with E-state index in [9.17, 15) is 5.11 Å². The summed E-state index contributed by atoms with van der Waals surface area (Å²) in [6, 6.07) is 15.7. The van der Waals surface area contributed by atoms with Gasteiger partial charge in [0.05, 0.1) is 6.54 Å². The van der Waals surface area contributed by atoms with Crippen molar-refractivity contribution in [3.05, 3.63) is 88.5 Å². The van der Waals surface area contributed by atoms with Crippen LogP contribution in [0.1, 0.15) is 23.1 Å². The van der Waals surface area contributed by atoms with Gasteiger partial charge >= 0.3 is 0 Å². The van der Waals surface area contributed by atoms with Crippen molar-refractivity contribution in [3.8, 4) is 0 Å². The first-order valence-electron chi connectivity index (χ1n) is 8.25. The number of rotatable bonds is 3. The summed E-state index contributed by atoms with van der Waals surface area (Å²) in [5, 5.41) is 16.6. The van der Waals surface area contributed by atoms with E-state index in [-0.39, 0.29) is 0 Å². The number of nitrogens with zero attached hydrogens (tertiary/aromatic N) is 3. The van der Waals surface area contributed by atoms with Gasteiger partial charge < -0.3 is 5.11 Å². The quantitative estimate of drug-likeness (QED) is 0.779. The van der Waals surface area contributed by atoms with Gasteiger partial charge in [0.15, 0.2) is 0 Å². The largest absolute Gasteiger partial charge is 0.379 e. The maximum absolute atomic E-state index is 11.7. The Balaban J connectivity index is 1.81. The van der Waals surface area contributed by atoms with Gasteiger partial charge in [-0.3, -0.25) is 0 Å². The molecule has 0 unspecified atom stereocenters. The third-order valence-corrected chi connectivity index (χ3v) is 4.98. The van der Waals surface area contributed by atoms with Gasteiger partial charge in [-0.2, -0.15) is 5.10 Å². The van der Waals surface area contributed by atoms with Crippen molar-refractivity contribution < 1.29 is 5.11 Å². The first-order chi connectivity index (χ1) is 12.1. The summed E-state index contributed by atoms with van der Waals surface area (Å²) >= 11 is 5.98. The zero-order valence-electron chi connectivity index (χ0n) is 13.6. The number of hydrogen-bond acceptors (Lipinski definition) is 3. The normalized spacial score (nSPS) is 21.3. The summed E-state index contributed by atoms with van der Waals surface area (Å²) in [5.74, 6) is 0. The van der Waals surface area contributed by atoms with E-state index in [1.807, 2.05) is 42.5 Å². The standard InChI is InChI=1S/C20H18ClN3O/c21-18-9-5-15(6-10-18)11-17-8-7-16-3-1-2-4-19(16)20(17,25)12-24-14-22-13-23-24/h1-6,9-11,13-14,25H,7-8,12H2/t20-/m1/s1. The molecule has 4 rings (SSSR count). The molecule has 0 radical (unpaired) electrons. The van der Waals surface area contributed by atoms with Gasteiger partial charge in [-0.05, 0) is 47.2 Å². The minimum atomic E-state index is -1.11. The van der Waals surface area contributed by atoms with Gasteiger partial charge in [0.1, 0.15) is 18.3 Å². The number of halogens is 1. The number of benzene rings is 2. The Morgan fingerprint density at radius 3 is 2.68 bits per heavy atom. The van der Waals surface area contributed by atoms with Gasteiger partial charge in [0.2, 0.25) is 0 Å². The predicted molar refractivity (Wildman–Crippen MR) is 98.1 cm³/mol. The molecule has 0 amide bonds. The maximum atomic E-state index is 11.7. The Morgan fingerprint density at radius 2 is 1.92 bits per heavy atom. The van der Waals surface area contributed by atoms with E-state index >= 15 is 0 Å². The second-order valence-electron chi connectivity index (χ2n) is 6.33. The SMILES string of the molecule is O[C@]1(Cn2cncn2)C(=Cc2ccc(Cl)cc2)CCc2ccccc21. The predicted octanol–water partition coefficient (Wildman–Crippen LogP) is 3.85. The fourth-order valence-electron chi connectivity index (χ4n) is 3.48. The maximum Gasteiger partial charge on any atom is 0.137 e. The molecular formula is C20H18ClN3O. The topological polar surface area (TPSA) is 50.9 Å². The van der Waals surface area contributed by atoms with Crippen LogP contribution in [0.15, 0.2) is 66.8 Å². The highest BCUT2D eigenvalue weighted by Gasteiger charge is 2.39.